The molecule has 0 aliphatic rings. The first-order valence-corrected chi connectivity index (χ1v) is 6.88. The van der Waals surface area contributed by atoms with E-state index in [2.05, 4.69) is 33.6 Å². The Balaban J connectivity index is 2.17. The molecule has 0 saturated heterocycles. The summed E-state index contributed by atoms with van der Waals surface area (Å²) in [5.74, 6) is 0. The topological polar surface area (TPSA) is 29.9 Å². The monoisotopic (exact) mass is 326 g/mol. The van der Waals surface area contributed by atoms with E-state index >= 15 is 0 Å². The number of halogens is 1. The smallest absolute Gasteiger partial charge is 0.178 e. The highest BCUT2D eigenvalue weighted by Gasteiger charge is 2.04. The number of aromatic amines is 1. The summed E-state index contributed by atoms with van der Waals surface area (Å²) < 4.78 is 9.33. The van der Waals surface area contributed by atoms with Crippen molar-refractivity contribution < 1.29 is 4.74 Å². The van der Waals surface area contributed by atoms with E-state index in [1.54, 1.807) is 0 Å². The van der Waals surface area contributed by atoms with Crippen LogP contribution in [-0.2, 0) is 11.3 Å². The van der Waals surface area contributed by atoms with Gasteiger partial charge in [0.05, 0.1) is 24.2 Å². The number of hydrogen-bond donors (Lipinski definition) is 1. The van der Waals surface area contributed by atoms with Crippen molar-refractivity contribution in [3.63, 3.8) is 0 Å². The molecular weight excluding hydrogens is 312 g/mol. The maximum Gasteiger partial charge on any atom is 0.178 e. The highest BCUT2D eigenvalue weighted by Crippen LogP contribution is 2.19. The van der Waals surface area contributed by atoms with Crippen LogP contribution in [0.5, 0.6) is 0 Å². The van der Waals surface area contributed by atoms with E-state index in [9.17, 15) is 0 Å². The fraction of sp³-hybridized carbons (Fsp3) is 0.308. The van der Waals surface area contributed by atoms with E-state index in [4.69, 9.17) is 17.0 Å². The average molecular weight is 327 g/mol. The highest BCUT2D eigenvalue weighted by atomic mass is 79.9. The number of fused-ring (bicyclic) bond motifs is 1. The third-order valence-corrected chi connectivity index (χ3v) is 3.36. The largest absolute Gasteiger partial charge is 0.375 e. The normalized spacial score (nSPS) is 11.0. The quantitative estimate of drug-likeness (QED) is 0.510. The zero-order valence-electron chi connectivity index (χ0n) is 10.2. The number of nitrogens with one attached hydrogen (secondary N) is 1. The van der Waals surface area contributed by atoms with E-state index in [1.165, 1.54) is 0 Å². The maximum absolute atomic E-state index is 5.51. The van der Waals surface area contributed by atoms with E-state index in [1.807, 2.05) is 23.6 Å². The van der Waals surface area contributed by atoms with Crippen molar-refractivity contribution in [1.82, 2.24) is 9.55 Å². The van der Waals surface area contributed by atoms with Gasteiger partial charge in [-0.05, 0) is 37.3 Å². The summed E-state index contributed by atoms with van der Waals surface area (Å²) in [5.41, 5.74) is 3.16. The maximum atomic E-state index is 5.51. The van der Waals surface area contributed by atoms with Crippen LogP contribution in [0.1, 0.15) is 6.92 Å². The highest BCUT2D eigenvalue weighted by molar-refractivity contribution is 9.10. The van der Waals surface area contributed by atoms with Crippen molar-refractivity contribution in [3.05, 3.63) is 39.6 Å². The first kappa shape index (κ1) is 13.5. The van der Waals surface area contributed by atoms with E-state index in [0.717, 1.165) is 32.4 Å². The summed E-state index contributed by atoms with van der Waals surface area (Å²) in [6, 6.07) is 6.07. The molecule has 1 aromatic heterocycles. The Kier molecular flexibility index (Phi) is 4.37. The number of hydrogen-bond acceptors (Lipinski definition) is 2. The molecule has 96 valence electrons. The zero-order valence-corrected chi connectivity index (χ0v) is 12.6. The fourth-order valence-electron chi connectivity index (χ4n) is 1.75. The summed E-state index contributed by atoms with van der Waals surface area (Å²) in [5, 5.41) is 0. The third-order valence-electron chi connectivity index (χ3n) is 2.55. The molecule has 0 aliphatic carbocycles. The van der Waals surface area contributed by atoms with E-state index < -0.39 is 0 Å². The molecule has 5 heteroatoms. The average Bonchev–Trinajstić information content (AvgIpc) is 2.60. The molecule has 0 fully saturated rings. The van der Waals surface area contributed by atoms with Gasteiger partial charge in [0.25, 0.3) is 0 Å². The van der Waals surface area contributed by atoms with Crippen LogP contribution in [0, 0.1) is 4.77 Å². The minimum absolute atomic E-state index is 0.597. The van der Waals surface area contributed by atoms with Crippen molar-refractivity contribution in [2.45, 2.75) is 13.5 Å². The summed E-state index contributed by atoms with van der Waals surface area (Å²) in [6.45, 7) is 7.72. The molecule has 1 heterocycles. The summed E-state index contributed by atoms with van der Waals surface area (Å²) in [6.07, 6.45) is 0. The first-order chi connectivity index (χ1) is 8.58. The van der Waals surface area contributed by atoms with Gasteiger partial charge >= 0.3 is 0 Å². The Labute approximate surface area is 120 Å². The Morgan fingerprint density at radius 1 is 1.56 bits per heavy atom. The van der Waals surface area contributed by atoms with Crippen molar-refractivity contribution in [2.24, 2.45) is 0 Å². The van der Waals surface area contributed by atoms with Gasteiger partial charge in [-0.25, -0.2) is 0 Å². The zero-order chi connectivity index (χ0) is 13.1. The summed E-state index contributed by atoms with van der Waals surface area (Å²) >= 11 is 8.79. The Bertz CT molecular complexity index is 629. The lowest BCUT2D eigenvalue weighted by atomic mass is 10.3. The predicted molar refractivity (Wildman–Crippen MR) is 80.5 cm³/mol. The number of rotatable bonds is 5. The molecule has 0 unspecified atom stereocenters. The van der Waals surface area contributed by atoms with Crippen LogP contribution < -0.4 is 0 Å². The van der Waals surface area contributed by atoms with E-state index in [0.29, 0.717) is 13.2 Å². The molecule has 0 radical (unpaired) electrons. The molecule has 0 atom stereocenters. The molecule has 0 bridgehead atoms. The van der Waals surface area contributed by atoms with Crippen molar-refractivity contribution in [2.75, 3.05) is 13.2 Å². The van der Waals surface area contributed by atoms with Gasteiger partial charge in [-0.3, -0.25) is 0 Å². The van der Waals surface area contributed by atoms with Crippen LogP contribution in [0.15, 0.2) is 34.8 Å². The number of nitrogens with zero attached hydrogens (tertiary/aromatic N) is 1. The fourth-order valence-corrected chi connectivity index (χ4v) is 2.40. The first-order valence-electron chi connectivity index (χ1n) is 5.68. The molecule has 2 aromatic rings. The van der Waals surface area contributed by atoms with Crippen LogP contribution in [0.3, 0.4) is 0 Å². The van der Waals surface area contributed by atoms with Crippen LogP contribution >= 0.6 is 28.1 Å². The van der Waals surface area contributed by atoms with Crippen LogP contribution in [0.4, 0.5) is 0 Å². The SMILES string of the molecule is C=C(C)COCCn1c(=S)[nH]c2ccc(Br)cc21. The molecule has 1 N–H and O–H groups in total. The molecule has 2 rings (SSSR count). The van der Waals surface area contributed by atoms with Gasteiger partial charge < -0.3 is 14.3 Å². The Hall–Kier alpha value is -0.910. The Morgan fingerprint density at radius 3 is 3.06 bits per heavy atom. The molecule has 0 amide bonds. The molecule has 0 saturated carbocycles. The minimum Gasteiger partial charge on any atom is -0.375 e. The summed E-state index contributed by atoms with van der Waals surface area (Å²) in [4.78, 5) is 3.19. The lowest BCUT2D eigenvalue weighted by Gasteiger charge is -2.06. The molecule has 0 spiro atoms. The molecule has 3 nitrogen and oxygen atoms in total. The second kappa shape index (κ2) is 5.82. The van der Waals surface area contributed by atoms with Crippen LogP contribution in [0.25, 0.3) is 11.0 Å². The van der Waals surface area contributed by atoms with Gasteiger partial charge in [-0.2, -0.15) is 0 Å². The van der Waals surface area contributed by atoms with Crippen LogP contribution in [-0.4, -0.2) is 22.8 Å². The molecular formula is C13H15BrN2OS. The molecule has 18 heavy (non-hydrogen) atoms. The van der Waals surface area contributed by atoms with Crippen molar-refractivity contribution in [1.29, 1.82) is 0 Å². The molecule has 1 aromatic carbocycles. The standard InChI is InChI=1S/C13H15BrN2OS/c1-9(2)8-17-6-5-16-12-7-10(14)3-4-11(12)15-13(16)18/h3-4,7H,1,5-6,8H2,2H3,(H,15,18). The number of benzene rings is 1. The van der Waals surface area contributed by atoms with Crippen LogP contribution in [0.2, 0.25) is 0 Å². The van der Waals surface area contributed by atoms with Crippen molar-refractivity contribution in [3.8, 4) is 0 Å². The number of aromatic nitrogens is 2. The molecule has 0 aliphatic heterocycles. The minimum atomic E-state index is 0.597. The van der Waals surface area contributed by atoms with Crippen molar-refractivity contribution >= 4 is 39.2 Å². The van der Waals surface area contributed by atoms with Gasteiger partial charge in [-0.15, -0.1) is 0 Å². The third kappa shape index (κ3) is 3.10. The number of imidazole rings is 1. The second-order valence-electron chi connectivity index (χ2n) is 4.25. The van der Waals surface area contributed by atoms with Gasteiger partial charge in [0, 0.05) is 11.0 Å². The van der Waals surface area contributed by atoms with Gasteiger partial charge in [-0.1, -0.05) is 28.1 Å². The predicted octanol–water partition coefficient (Wildman–Crippen LogP) is 4.05. The number of H-pyrrole nitrogens is 1. The second-order valence-corrected chi connectivity index (χ2v) is 5.56. The number of ether oxygens (including phenoxy) is 1. The van der Waals surface area contributed by atoms with E-state index in [-0.39, 0.29) is 0 Å². The Morgan fingerprint density at radius 2 is 2.33 bits per heavy atom. The van der Waals surface area contributed by atoms with Gasteiger partial charge in [0.15, 0.2) is 4.77 Å². The van der Waals surface area contributed by atoms with Gasteiger partial charge in [0.2, 0.25) is 0 Å². The summed E-state index contributed by atoms with van der Waals surface area (Å²) in [7, 11) is 0. The lowest BCUT2D eigenvalue weighted by molar-refractivity contribution is 0.148. The lowest BCUT2D eigenvalue weighted by Crippen LogP contribution is -2.07. The van der Waals surface area contributed by atoms with Gasteiger partial charge in [0.1, 0.15) is 0 Å².